The molecule has 0 aromatic heterocycles. The van der Waals surface area contributed by atoms with Crippen LogP contribution in [0, 0.1) is 11.6 Å². The number of halogens is 3. The van der Waals surface area contributed by atoms with E-state index in [9.17, 15) is 18.4 Å². The summed E-state index contributed by atoms with van der Waals surface area (Å²) in [5.74, 6) is -2.77. The molecule has 3 aromatic carbocycles. The van der Waals surface area contributed by atoms with Gasteiger partial charge in [-0.05, 0) is 48.9 Å². The molecule has 0 aliphatic carbocycles. The lowest BCUT2D eigenvalue weighted by Crippen LogP contribution is -2.28. The average Bonchev–Trinajstić information content (AvgIpc) is 2.79. The maximum atomic E-state index is 13.4. The summed E-state index contributed by atoms with van der Waals surface area (Å²) < 4.78 is 36.8. The highest BCUT2D eigenvalue weighted by molar-refractivity contribution is 6.31. The van der Waals surface area contributed by atoms with Gasteiger partial charge >= 0.3 is 5.97 Å². The molecule has 0 fully saturated rings. The predicted molar refractivity (Wildman–Crippen MR) is 116 cm³/mol. The molecule has 3 aromatic rings. The molecular formula is C24H20ClF2NO4. The normalized spacial score (nSPS) is 11.5. The second-order valence-corrected chi connectivity index (χ2v) is 7.41. The molecule has 0 aliphatic rings. The number of methoxy groups -OCH3 is 1. The quantitative estimate of drug-likeness (QED) is 0.475. The Morgan fingerprint density at radius 1 is 1.03 bits per heavy atom. The summed E-state index contributed by atoms with van der Waals surface area (Å²) in [6.07, 6.45) is 0. The van der Waals surface area contributed by atoms with Crippen molar-refractivity contribution in [3.05, 3.63) is 99.6 Å². The standard InChI is InChI=1S/C24H20ClF2NO4/c1-14(15-4-3-5-16(10-15)24(30)31-2)28-23(29)20-11-18(25)7-6-17(20)13-32-19-8-9-21(26)22(27)12-19/h3-12,14H,13H2,1-2H3,(H,28,29)/t14-/m0/s1. The highest BCUT2D eigenvalue weighted by Gasteiger charge is 2.17. The topological polar surface area (TPSA) is 64.6 Å². The van der Waals surface area contributed by atoms with Gasteiger partial charge < -0.3 is 14.8 Å². The Kier molecular flexibility index (Phi) is 7.43. The molecule has 32 heavy (non-hydrogen) atoms. The first-order valence-electron chi connectivity index (χ1n) is 9.64. The Morgan fingerprint density at radius 3 is 2.53 bits per heavy atom. The minimum atomic E-state index is -1.03. The van der Waals surface area contributed by atoms with Crippen molar-refractivity contribution in [2.75, 3.05) is 7.11 Å². The van der Waals surface area contributed by atoms with Crippen molar-refractivity contribution in [1.29, 1.82) is 0 Å². The van der Waals surface area contributed by atoms with Crippen LogP contribution in [-0.2, 0) is 11.3 Å². The molecular weight excluding hydrogens is 440 g/mol. The van der Waals surface area contributed by atoms with Gasteiger partial charge in [0.15, 0.2) is 11.6 Å². The predicted octanol–water partition coefficient (Wildman–Crippen LogP) is 5.47. The number of carbonyl (C=O) groups excluding carboxylic acids is 2. The zero-order chi connectivity index (χ0) is 23.3. The van der Waals surface area contributed by atoms with E-state index in [-0.39, 0.29) is 17.9 Å². The second kappa shape index (κ2) is 10.2. The number of benzene rings is 3. The molecule has 1 atom stereocenters. The van der Waals surface area contributed by atoms with E-state index in [1.54, 1.807) is 43.3 Å². The molecule has 0 heterocycles. The molecule has 3 rings (SSSR count). The highest BCUT2D eigenvalue weighted by atomic mass is 35.5. The summed E-state index contributed by atoms with van der Waals surface area (Å²) in [5.41, 5.74) is 1.86. The fourth-order valence-electron chi connectivity index (χ4n) is 3.02. The third-order valence-electron chi connectivity index (χ3n) is 4.76. The Hall–Kier alpha value is -3.45. The van der Waals surface area contributed by atoms with Crippen LogP contribution < -0.4 is 10.1 Å². The van der Waals surface area contributed by atoms with Crippen molar-refractivity contribution < 1.29 is 27.8 Å². The molecule has 0 bridgehead atoms. The third kappa shape index (κ3) is 5.62. The second-order valence-electron chi connectivity index (χ2n) is 6.98. The lowest BCUT2D eigenvalue weighted by Gasteiger charge is -2.17. The summed E-state index contributed by atoms with van der Waals surface area (Å²) in [6, 6.07) is 14.2. The summed E-state index contributed by atoms with van der Waals surface area (Å²) >= 11 is 6.08. The van der Waals surface area contributed by atoms with E-state index in [4.69, 9.17) is 21.1 Å². The number of ether oxygens (including phenoxy) is 2. The maximum absolute atomic E-state index is 13.4. The molecule has 1 amide bonds. The monoisotopic (exact) mass is 459 g/mol. The van der Waals surface area contributed by atoms with Crippen LogP contribution in [0.1, 0.15) is 44.8 Å². The number of amides is 1. The Bertz CT molecular complexity index is 1150. The summed E-state index contributed by atoms with van der Waals surface area (Å²) in [6.45, 7) is 1.72. The molecule has 0 unspecified atom stereocenters. The molecule has 0 saturated carbocycles. The zero-order valence-electron chi connectivity index (χ0n) is 17.3. The Balaban J connectivity index is 1.76. The SMILES string of the molecule is COC(=O)c1cccc([C@H](C)NC(=O)c2cc(Cl)ccc2COc2ccc(F)c(F)c2)c1. The third-order valence-corrected chi connectivity index (χ3v) is 4.99. The van der Waals surface area contributed by atoms with Gasteiger partial charge in [-0.1, -0.05) is 29.8 Å². The fourth-order valence-corrected chi connectivity index (χ4v) is 3.20. The van der Waals surface area contributed by atoms with E-state index in [0.29, 0.717) is 21.7 Å². The van der Waals surface area contributed by atoms with Gasteiger partial charge in [0.1, 0.15) is 12.4 Å². The van der Waals surface area contributed by atoms with E-state index in [1.165, 1.54) is 19.2 Å². The molecule has 5 nitrogen and oxygen atoms in total. The first-order chi connectivity index (χ1) is 15.3. The van der Waals surface area contributed by atoms with Gasteiger partial charge in [-0.2, -0.15) is 0 Å². The van der Waals surface area contributed by atoms with Crippen molar-refractivity contribution >= 4 is 23.5 Å². The van der Waals surface area contributed by atoms with Crippen molar-refractivity contribution in [3.63, 3.8) is 0 Å². The number of hydrogen-bond donors (Lipinski definition) is 1. The van der Waals surface area contributed by atoms with Gasteiger partial charge in [0.25, 0.3) is 5.91 Å². The smallest absolute Gasteiger partial charge is 0.337 e. The zero-order valence-corrected chi connectivity index (χ0v) is 18.1. The summed E-state index contributed by atoms with van der Waals surface area (Å²) in [7, 11) is 1.29. The van der Waals surface area contributed by atoms with Crippen LogP contribution in [0.5, 0.6) is 5.75 Å². The van der Waals surface area contributed by atoms with Crippen molar-refractivity contribution in [3.8, 4) is 5.75 Å². The van der Waals surface area contributed by atoms with Gasteiger partial charge in [0, 0.05) is 22.2 Å². The van der Waals surface area contributed by atoms with Gasteiger partial charge in [-0.3, -0.25) is 4.79 Å². The molecule has 0 radical (unpaired) electrons. The fraction of sp³-hybridized carbons (Fsp3) is 0.167. The van der Waals surface area contributed by atoms with Crippen LogP contribution in [0.15, 0.2) is 60.7 Å². The minimum absolute atomic E-state index is 0.0583. The number of esters is 1. The highest BCUT2D eigenvalue weighted by Crippen LogP contribution is 2.22. The van der Waals surface area contributed by atoms with E-state index in [0.717, 1.165) is 12.1 Å². The number of nitrogens with one attached hydrogen (secondary N) is 1. The Labute approximate surface area is 188 Å². The number of hydrogen-bond acceptors (Lipinski definition) is 4. The van der Waals surface area contributed by atoms with Crippen molar-refractivity contribution in [2.24, 2.45) is 0 Å². The molecule has 8 heteroatoms. The van der Waals surface area contributed by atoms with Gasteiger partial charge in [0.2, 0.25) is 0 Å². The molecule has 0 saturated heterocycles. The van der Waals surface area contributed by atoms with Crippen LogP contribution in [-0.4, -0.2) is 19.0 Å². The molecule has 1 N–H and O–H groups in total. The molecule has 166 valence electrons. The summed E-state index contributed by atoms with van der Waals surface area (Å²) in [4.78, 5) is 24.7. The van der Waals surface area contributed by atoms with Crippen molar-refractivity contribution in [1.82, 2.24) is 5.32 Å². The van der Waals surface area contributed by atoms with Crippen LogP contribution in [0.3, 0.4) is 0 Å². The number of carbonyl (C=O) groups is 2. The average molecular weight is 460 g/mol. The van der Waals surface area contributed by atoms with Gasteiger partial charge in [0.05, 0.1) is 18.7 Å². The van der Waals surface area contributed by atoms with E-state index >= 15 is 0 Å². The summed E-state index contributed by atoms with van der Waals surface area (Å²) in [5, 5.41) is 3.22. The largest absolute Gasteiger partial charge is 0.489 e. The number of rotatable bonds is 7. The van der Waals surface area contributed by atoms with Crippen molar-refractivity contribution in [2.45, 2.75) is 19.6 Å². The van der Waals surface area contributed by atoms with E-state index in [1.807, 2.05) is 0 Å². The van der Waals surface area contributed by atoms with Crippen LogP contribution in [0.4, 0.5) is 8.78 Å². The van der Waals surface area contributed by atoms with E-state index in [2.05, 4.69) is 5.32 Å². The van der Waals surface area contributed by atoms with Gasteiger partial charge in [-0.25, -0.2) is 13.6 Å². The lowest BCUT2D eigenvalue weighted by atomic mass is 10.0. The van der Waals surface area contributed by atoms with Crippen LogP contribution >= 0.6 is 11.6 Å². The van der Waals surface area contributed by atoms with E-state index < -0.39 is 29.6 Å². The van der Waals surface area contributed by atoms with Gasteiger partial charge in [-0.15, -0.1) is 0 Å². The Morgan fingerprint density at radius 2 is 1.81 bits per heavy atom. The molecule has 0 aliphatic heterocycles. The maximum Gasteiger partial charge on any atom is 0.337 e. The minimum Gasteiger partial charge on any atom is -0.489 e. The lowest BCUT2D eigenvalue weighted by molar-refractivity contribution is 0.0600. The first kappa shape index (κ1) is 23.2. The van der Waals surface area contributed by atoms with Crippen LogP contribution in [0.25, 0.3) is 0 Å². The molecule has 0 spiro atoms. The van der Waals surface area contributed by atoms with Crippen LogP contribution in [0.2, 0.25) is 5.02 Å². The first-order valence-corrected chi connectivity index (χ1v) is 10.0.